The van der Waals surface area contributed by atoms with Crippen molar-refractivity contribution >= 4 is 125 Å². The molecular weight excluding hydrogens is 1360 g/mol. The molecule has 1 saturated heterocycles. The fourth-order valence-corrected chi connectivity index (χ4v) is 9.86. The molecule has 0 aliphatic carbocycles. The third-order valence-corrected chi connectivity index (χ3v) is 15.1. The average molecular weight is 1470 g/mol. The van der Waals surface area contributed by atoms with Crippen molar-refractivity contribution in [1.29, 1.82) is 0 Å². The normalized spacial score (nSPS) is 18.7. The molecule has 44 nitrogen and oxygen atoms in total. The molecule has 1 heterocycles. The highest BCUT2D eigenvalue weighted by molar-refractivity contribution is 7.80. The van der Waals surface area contributed by atoms with Gasteiger partial charge in [0.25, 0.3) is 0 Å². The molecule has 38 N–H and O–H groups in total. The van der Waals surface area contributed by atoms with E-state index in [1.807, 2.05) is 0 Å². The summed E-state index contributed by atoms with van der Waals surface area (Å²) in [7, 11) is 0. The van der Waals surface area contributed by atoms with Crippen LogP contribution in [-0.4, -0.2) is 236 Å². The summed E-state index contributed by atoms with van der Waals surface area (Å²) in [6, 6.07) is -13.2. The van der Waals surface area contributed by atoms with Crippen LogP contribution in [0.25, 0.3) is 0 Å². The molecule has 102 heavy (non-hydrogen) atoms. The van der Waals surface area contributed by atoms with Gasteiger partial charge in [-0.3, -0.25) is 92.3 Å². The second kappa shape index (κ2) is 49.6. The molecule has 0 radical (unpaired) electrons. The number of nitrogens with two attached hydrogens (primary N) is 14. The monoisotopic (exact) mass is 1470 g/mol. The quantitative estimate of drug-likeness (QED) is 0.0118. The second-order valence-corrected chi connectivity index (χ2v) is 23.8. The van der Waals surface area contributed by atoms with Crippen LogP contribution < -0.4 is 133 Å². The number of carbonyl (C=O) groups is 13. The van der Waals surface area contributed by atoms with Gasteiger partial charge in [0.15, 0.2) is 35.8 Å². The predicted octanol–water partition coefficient (Wildman–Crippen LogP) is -12.1. The number of guanidine groups is 6. The Balaban J connectivity index is 4.13. The molecule has 1 rings (SSSR count). The van der Waals surface area contributed by atoms with Gasteiger partial charge < -0.3 is 138 Å². The summed E-state index contributed by atoms with van der Waals surface area (Å²) in [5.74, 6) is -13.4. The zero-order chi connectivity index (χ0) is 76.9. The number of amides is 13. The third kappa shape index (κ3) is 40.2. The van der Waals surface area contributed by atoms with Crippen LogP contribution in [0.4, 0.5) is 0 Å². The molecule has 13 amide bonds. The minimum atomic E-state index is -1.57. The Morgan fingerprint density at radius 1 is 0.451 bits per heavy atom. The smallest absolute Gasteiger partial charge is 0.245 e. The number of thiol groups is 1. The van der Waals surface area contributed by atoms with Gasteiger partial charge in [0.2, 0.25) is 76.8 Å². The van der Waals surface area contributed by atoms with Crippen LogP contribution in [0.3, 0.4) is 0 Å². The molecule has 0 bridgehead atoms. The Morgan fingerprint density at radius 2 is 0.814 bits per heavy atom. The van der Waals surface area contributed by atoms with Gasteiger partial charge in [-0.15, -0.1) is 0 Å². The van der Waals surface area contributed by atoms with Crippen molar-refractivity contribution in [2.75, 3.05) is 64.7 Å². The standard InChI is InChI=1S/C57H107N31O13S/c1-30-44(94)82-33(12-5-22-75-54(64)65)49(99)86-37(15-8-25-78-57(70)71)51(101)88(27-9-26-72-40(90)16-2-17-41(91)80-31(10-3-20-73-52(60)61)46(96)85-36(45(95)79-30)18-19-39(58)89)28-42(92)81-32(11-4-21-74-53(62)63)47(97)83-34(13-6-23-76-55(66)67)48(98)84-35(14-7-24-77-56(68)69)50(100)87-38(29-102)43(59)93/h30-38,102H,2-29H2,1H3,(H2,58,89)(H2,59,93)(H,72,90)(H,79,95)(H,80,91)(H,81,92)(H,82,94)(H,83,97)(H,84,98)(H,85,96)(H,86,99)(H,87,100)(H4,60,61,73)(H4,62,63,74)(H4,64,65,75)(H4,66,67,76)(H4,68,69,77)(H4,70,71,78)/t30-,31-,32-,33-,34-,35-,36-,37-,38-/m0/s1. The van der Waals surface area contributed by atoms with E-state index in [9.17, 15) is 57.5 Å². The molecule has 1 aliphatic heterocycles. The molecule has 0 aromatic heterocycles. The van der Waals surface area contributed by atoms with Crippen molar-refractivity contribution in [3.8, 4) is 0 Å². The van der Waals surface area contributed by atoms with Crippen LogP contribution in [0, 0.1) is 0 Å². The van der Waals surface area contributed by atoms with Gasteiger partial charge in [0, 0.05) is 77.4 Å². The lowest BCUT2D eigenvalue weighted by Crippen LogP contribution is -2.59. The Kier molecular flexibility index (Phi) is 43.3. The summed E-state index contributed by atoms with van der Waals surface area (Å²) in [5.41, 5.74) is 77.4. The summed E-state index contributed by atoms with van der Waals surface area (Å²) in [6.07, 6.45) is -2.11. The topological polar surface area (TPSA) is 784 Å². The fraction of sp³-hybridized carbons (Fsp3) is 0.667. The highest BCUT2D eigenvalue weighted by Gasteiger charge is 2.36. The highest BCUT2D eigenvalue weighted by atomic mass is 32.1. The van der Waals surface area contributed by atoms with Gasteiger partial charge >= 0.3 is 0 Å². The molecular formula is C57H107N31O13S. The lowest BCUT2D eigenvalue weighted by atomic mass is 10.0. The van der Waals surface area contributed by atoms with E-state index >= 15 is 4.79 Å². The molecule has 1 aliphatic rings. The minimum Gasteiger partial charge on any atom is -0.370 e. The number of aliphatic imine (C=N–C) groups is 6. The molecule has 0 saturated carbocycles. The minimum absolute atomic E-state index is 0.00509. The van der Waals surface area contributed by atoms with E-state index in [2.05, 4.69) is 95.8 Å². The summed E-state index contributed by atoms with van der Waals surface area (Å²) < 4.78 is 0. The maximum absolute atomic E-state index is 15.2. The SMILES string of the molecule is C[C@@H]1NC(=O)[C@H](CCC(N)=O)NC(=O)[C@H](CCCN=C(N)N)NC(=O)CCCC(=O)NCCCN(CC(=O)N[C@@H](CCCN=C(N)N)C(=O)N[C@@H](CCCN=C(N)N)C(=O)N[C@@H](CCCN=C(N)N)C(=O)N[C@@H](CS)C(N)=O)C(=O)[C@H](CCCN=C(N)N)NC(=O)[C@H](CCCN=C(N)N)NC1=O. The fourth-order valence-electron chi connectivity index (χ4n) is 9.59. The second-order valence-electron chi connectivity index (χ2n) is 23.4. The van der Waals surface area contributed by atoms with E-state index in [0.717, 1.165) is 4.90 Å². The van der Waals surface area contributed by atoms with E-state index in [4.69, 9.17) is 80.3 Å². The van der Waals surface area contributed by atoms with E-state index in [1.165, 1.54) is 6.92 Å². The first-order chi connectivity index (χ1) is 48.1. The average Bonchev–Trinajstić information content (AvgIpc) is 0.877. The maximum Gasteiger partial charge on any atom is 0.245 e. The summed E-state index contributed by atoms with van der Waals surface area (Å²) >= 11 is 4.08. The largest absolute Gasteiger partial charge is 0.370 e. The molecule has 9 atom stereocenters. The van der Waals surface area contributed by atoms with Crippen molar-refractivity contribution < 1.29 is 62.3 Å². The lowest BCUT2D eigenvalue weighted by Gasteiger charge is -2.30. The number of primary amides is 2. The van der Waals surface area contributed by atoms with Gasteiger partial charge in [0.1, 0.15) is 54.4 Å². The highest BCUT2D eigenvalue weighted by Crippen LogP contribution is 2.12. The van der Waals surface area contributed by atoms with Crippen molar-refractivity contribution in [2.24, 2.45) is 110 Å². The molecule has 0 aromatic carbocycles. The first-order valence-corrected chi connectivity index (χ1v) is 33.5. The predicted molar refractivity (Wildman–Crippen MR) is 382 cm³/mol. The van der Waals surface area contributed by atoms with Crippen LogP contribution in [0.1, 0.15) is 122 Å². The van der Waals surface area contributed by atoms with Gasteiger partial charge in [-0.1, -0.05) is 0 Å². The molecule has 0 spiro atoms. The van der Waals surface area contributed by atoms with E-state index in [0.29, 0.717) is 0 Å². The van der Waals surface area contributed by atoms with Gasteiger partial charge in [-0.05, 0) is 103 Å². The zero-order valence-corrected chi connectivity index (χ0v) is 58.4. The third-order valence-electron chi connectivity index (χ3n) is 14.8. The van der Waals surface area contributed by atoms with Crippen molar-refractivity contribution in [3.63, 3.8) is 0 Å². The number of hydrogen-bond donors (Lipinski definition) is 25. The van der Waals surface area contributed by atoms with Crippen LogP contribution in [-0.2, 0) is 62.3 Å². The number of nitrogens with one attached hydrogen (secondary N) is 10. The Bertz CT molecular complexity index is 2980. The van der Waals surface area contributed by atoms with Gasteiger partial charge in [0.05, 0.1) is 6.54 Å². The number of rotatable bonds is 38. The summed E-state index contributed by atoms with van der Waals surface area (Å²) in [6.45, 7) is -0.337. The molecule has 0 aromatic rings. The summed E-state index contributed by atoms with van der Waals surface area (Å²) in [5, 5.41) is 25.7. The molecule has 45 heteroatoms. The van der Waals surface area contributed by atoms with Crippen LogP contribution in [0.5, 0.6) is 0 Å². The Hall–Kier alpha value is -10.9. The number of hydrogen-bond acceptors (Lipinski definition) is 20. The summed E-state index contributed by atoms with van der Waals surface area (Å²) in [4.78, 5) is 205. The molecule has 1 fully saturated rings. The Labute approximate surface area is 595 Å². The van der Waals surface area contributed by atoms with E-state index in [-0.39, 0.29) is 203 Å². The zero-order valence-electron chi connectivity index (χ0n) is 57.5. The van der Waals surface area contributed by atoms with Crippen molar-refractivity contribution in [3.05, 3.63) is 0 Å². The van der Waals surface area contributed by atoms with Crippen LogP contribution in [0.2, 0.25) is 0 Å². The molecule has 0 unspecified atom stereocenters. The first-order valence-electron chi connectivity index (χ1n) is 32.9. The number of carbonyl (C=O) groups excluding carboxylic acids is 13. The first kappa shape index (κ1) is 89.1. The lowest BCUT2D eigenvalue weighted by molar-refractivity contribution is -0.141. The van der Waals surface area contributed by atoms with Crippen LogP contribution in [0.15, 0.2) is 30.0 Å². The van der Waals surface area contributed by atoms with E-state index in [1.54, 1.807) is 0 Å². The van der Waals surface area contributed by atoms with Crippen molar-refractivity contribution in [2.45, 2.75) is 177 Å². The maximum atomic E-state index is 15.2. The Morgan fingerprint density at radius 3 is 1.24 bits per heavy atom. The van der Waals surface area contributed by atoms with E-state index < -0.39 is 144 Å². The number of nitrogens with zero attached hydrogens (tertiary/aromatic N) is 7. The van der Waals surface area contributed by atoms with Crippen molar-refractivity contribution in [1.82, 2.24) is 58.1 Å². The molecule has 574 valence electrons. The van der Waals surface area contributed by atoms with Gasteiger partial charge in [-0.2, -0.15) is 12.6 Å². The van der Waals surface area contributed by atoms with Crippen LogP contribution >= 0.6 is 12.6 Å². The van der Waals surface area contributed by atoms with Gasteiger partial charge in [-0.25, -0.2) is 0 Å².